The van der Waals surface area contributed by atoms with E-state index in [1.54, 1.807) is 18.5 Å². The number of halogens is 1. The molecule has 0 atom stereocenters. The molecule has 6 heteroatoms. The van der Waals surface area contributed by atoms with E-state index in [1.165, 1.54) is 12.1 Å². The second-order valence-corrected chi connectivity index (χ2v) is 4.32. The molecule has 0 amide bonds. The predicted molar refractivity (Wildman–Crippen MR) is 72.1 cm³/mol. The quantitative estimate of drug-likeness (QED) is 0.724. The van der Waals surface area contributed by atoms with E-state index in [9.17, 15) is 4.39 Å². The van der Waals surface area contributed by atoms with Gasteiger partial charge in [-0.15, -0.1) is 0 Å². The molecule has 100 valence electrons. The van der Waals surface area contributed by atoms with Gasteiger partial charge in [-0.25, -0.2) is 4.39 Å². The van der Waals surface area contributed by atoms with Gasteiger partial charge >= 0.3 is 0 Å². The molecule has 0 saturated carbocycles. The first-order chi connectivity index (χ1) is 9.66. The van der Waals surface area contributed by atoms with Gasteiger partial charge in [-0.2, -0.15) is 4.98 Å². The zero-order chi connectivity index (χ0) is 14.1. The summed E-state index contributed by atoms with van der Waals surface area (Å²) in [7, 11) is 0. The first kappa shape index (κ1) is 12.3. The summed E-state index contributed by atoms with van der Waals surface area (Å²) in [5.41, 5.74) is 7.81. The molecule has 0 bridgehead atoms. The van der Waals surface area contributed by atoms with Crippen molar-refractivity contribution >= 4 is 5.69 Å². The van der Waals surface area contributed by atoms with Gasteiger partial charge in [-0.05, 0) is 30.7 Å². The molecule has 0 spiro atoms. The summed E-state index contributed by atoms with van der Waals surface area (Å²) in [6, 6.07) is 6.24. The summed E-state index contributed by atoms with van der Waals surface area (Å²) in [4.78, 5) is 8.21. The molecule has 0 fully saturated rings. The number of nitrogens with zero attached hydrogens (tertiary/aromatic N) is 3. The molecule has 20 heavy (non-hydrogen) atoms. The van der Waals surface area contributed by atoms with Gasteiger partial charge in [0.05, 0.1) is 5.56 Å². The van der Waals surface area contributed by atoms with Crippen molar-refractivity contribution in [3.63, 3.8) is 0 Å². The number of aryl methyl sites for hydroxylation is 1. The highest BCUT2D eigenvalue weighted by Gasteiger charge is 2.17. The Morgan fingerprint density at radius 2 is 2.10 bits per heavy atom. The average molecular weight is 270 g/mol. The first-order valence-electron chi connectivity index (χ1n) is 5.96. The molecule has 3 rings (SSSR count). The number of anilines is 1. The third kappa shape index (κ3) is 2.01. The van der Waals surface area contributed by atoms with Crippen molar-refractivity contribution in [1.82, 2.24) is 15.1 Å². The van der Waals surface area contributed by atoms with E-state index >= 15 is 0 Å². The Labute approximate surface area is 114 Å². The number of pyridine rings is 1. The zero-order valence-electron chi connectivity index (χ0n) is 10.7. The van der Waals surface area contributed by atoms with Crippen molar-refractivity contribution in [3.8, 4) is 22.8 Å². The molecule has 3 aromatic rings. The van der Waals surface area contributed by atoms with Crippen molar-refractivity contribution in [2.75, 3.05) is 5.73 Å². The lowest BCUT2D eigenvalue weighted by Gasteiger charge is -2.01. The van der Waals surface area contributed by atoms with Gasteiger partial charge in [-0.1, -0.05) is 11.2 Å². The van der Waals surface area contributed by atoms with Crippen LogP contribution in [0.1, 0.15) is 5.56 Å². The minimum Gasteiger partial charge on any atom is -0.398 e. The number of aromatic nitrogens is 3. The number of nitrogens with two attached hydrogens (primary N) is 1. The van der Waals surface area contributed by atoms with Crippen LogP contribution < -0.4 is 5.73 Å². The maximum absolute atomic E-state index is 13.8. The summed E-state index contributed by atoms with van der Waals surface area (Å²) < 4.78 is 18.9. The van der Waals surface area contributed by atoms with Gasteiger partial charge in [0.25, 0.3) is 5.89 Å². The highest BCUT2D eigenvalue weighted by atomic mass is 19.1. The number of hydrogen-bond donors (Lipinski definition) is 1. The lowest BCUT2D eigenvalue weighted by atomic mass is 10.1. The highest BCUT2D eigenvalue weighted by molar-refractivity contribution is 5.72. The summed E-state index contributed by atoms with van der Waals surface area (Å²) >= 11 is 0. The van der Waals surface area contributed by atoms with Crippen LogP contribution in [0.25, 0.3) is 22.8 Å². The number of nitrogen functional groups attached to an aromatic ring is 1. The van der Waals surface area contributed by atoms with E-state index in [-0.39, 0.29) is 17.1 Å². The van der Waals surface area contributed by atoms with Crippen LogP contribution in [-0.2, 0) is 0 Å². The standard InChI is InChI=1S/C14H11FN4O/c1-8-5-6-17-7-9(8)13-18-14(20-19-13)12-10(15)3-2-4-11(12)16/h2-7H,16H2,1H3. The molecule has 0 aliphatic carbocycles. The van der Waals surface area contributed by atoms with Crippen LogP contribution in [-0.4, -0.2) is 15.1 Å². The minimum absolute atomic E-state index is 0.0545. The van der Waals surface area contributed by atoms with Crippen LogP contribution in [0, 0.1) is 12.7 Å². The van der Waals surface area contributed by atoms with Crippen LogP contribution in [0.5, 0.6) is 0 Å². The molecule has 0 unspecified atom stereocenters. The number of rotatable bonds is 2. The van der Waals surface area contributed by atoms with Crippen LogP contribution in [0.3, 0.4) is 0 Å². The molecule has 2 aromatic heterocycles. The molecule has 2 N–H and O–H groups in total. The van der Waals surface area contributed by atoms with Crippen molar-refractivity contribution in [1.29, 1.82) is 0 Å². The third-order valence-corrected chi connectivity index (χ3v) is 2.97. The average Bonchev–Trinajstić information content (AvgIpc) is 2.88. The Morgan fingerprint density at radius 1 is 1.25 bits per heavy atom. The molecular formula is C14H11FN4O. The van der Waals surface area contributed by atoms with E-state index in [4.69, 9.17) is 10.3 Å². The Balaban J connectivity index is 2.10. The normalized spacial score (nSPS) is 10.7. The number of hydrogen-bond acceptors (Lipinski definition) is 5. The van der Waals surface area contributed by atoms with Crippen LogP contribution in [0.2, 0.25) is 0 Å². The zero-order valence-corrected chi connectivity index (χ0v) is 10.7. The van der Waals surface area contributed by atoms with E-state index in [1.807, 2.05) is 13.0 Å². The molecule has 1 aromatic carbocycles. The maximum atomic E-state index is 13.8. The largest absolute Gasteiger partial charge is 0.398 e. The molecule has 0 aliphatic heterocycles. The van der Waals surface area contributed by atoms with Crippen LogP contribution >= 0.6 is 0 Å². The Hall–Kier alpha value is -2.76. The van der Waals surface area contributed by atoms with Crippen LogP contribution in [0.15, 0.2) is 41.2 Å². The van der Waals surface area contributed by atoms with Crippen LogP contribution in [0.4, 0.5) is 10.1 Å². The monoisotopic (exact) mass is 270 g/mol. The smallest absolute Gasteiger partial charge is 0.263 e. The van der Waals surface area contributed by atoms with Gasteiger partial charge in [0, 0.05) is 23.6 Å². The Kier molecular flexibility index (Phi) is 2.90. The number of benzene rings is 1. The maximum Gasteiger partial charge on any atom is 0.263 e. The Bertz CT molecular complexity index is 749. The summed E-state index contributed by atoms with van der Waals surface area (Å²) in [6.45, 7) is 1.91. The second-order valence-electron chi connectivity index (χ2n) is 4.32. The van der Waals surface area contributed by atoms with Crippen molar-refractivity contribution in [2.24, 2.45) is 0 Å². The van der Waals surface area contributed by atoms with E-state index in [0.717, 1.165) is 11.1 Å². The lowest BCUT2D eigenvalue weighted by Crippen LogP contribution is -1.93. The van der Waals surface area contributed by atoms with Gasteiger partial charge in [0.15, 0.2) is 0 Å². The van der Waals surface area contributed by atoms with Gasteiger partial charge in [0.2, 0.25) is 5.82 Å². The minimum atomic E-state index is -0.497. The van der Waals surface area contributed by atoms with Crippen molar-refractivity contribution in [3.05, 3.63) is 48.0 Å². The SMILES string of the molecule is Cc1ccncc1-c1noc(-c2c(N)cccc2F)n1. The fraction of sp³-hybridized carbons (Fsp3) is 0.0714. The molecule has 2 heterocycles. The van der Waals surface area contributed by atoms with Crippen molar-refractivity contribution in [2.45, 2.75) is 6.92 Å². The van der Waals surface area contributed by atoms with Gasteiger partial charge < -0.3 is 10.3 Å². The predicted octanol–water partition coefficient (Wildman–Crippen LogP) is 2.83. The molecular weight excluding hydrogens is 259 g/mol. The van der Waals surface area contributed by atoms with E-state index in [2.05, 4.69) is 15.1 Å². The fourth-order valence-electron chi connectivity index (χ4n) is 1.90. The van der Waals surface area contributed by atoms with E-state index < -0.39 is 5.82 Å². The third-order valence-electron chi connectivity index (χ3n) is 2.97. The van der Waals surface area contributed by atoms with E-state index in [0.29, 0.717) is 5.82 Å². The highest BCUT2D eigenvalue weighted by Crippen LogP contribution is 2.29. The van der Waals surface area contributed by atoms with Gasteiger partial charge in [0.1, 0.15) is 5.82 Å². The molecule has 0 aliphatic rings. The summed E-state index contributed by atoms with van der Waals surface area (Å²) in [5.74, 6) is -0.0878. The van der Waals surface area contributed by atoms with Crippen molar-refractivity contribution < 1.29 is 8.91 Å². The summed E-state index contributed by atoms with van der Waals surface area (Å²) in [5, 5.41) is 3.86. The molecule has 5 nitrogen and oxygen atoms in total. The lowest BCUT2D eigenvalue weighted by molar-refractivity contribution is 0.430. The first-order valence-corrected chi connectivity index (χ1v) is 5.96. The second kappa shape index (κ2) is 4.73. The molecule has 0 saturated heterocycles. The summed E-state index contributed by atoms with van der Waals surface area (Å²) in [6.07, 6.45) is 3.31. The Morgan fingerprint density at radius 3 is 2.85 bits per heavy atom. The fourth-order valence-corrected chi connectivity index (χ4v) is 1.90. The molecule has 0 radical (unpaired) electrons. The van der Waals surface area contributed by atoms with Gasteiger partial charge in [-0.3, -0.25) is 4.98 Å². The topological polar surface area (TPSA) is 77.8 Å².